The monoisotopic (exact) mass is 228 g/mol. The summed E-state index contributed by atoms with van der Waals surface area (Å²) in [5, 5.41) is 3.54. The second kappa shape index (κ2) is 6.32. The van der Waals surface area contributed by atoms with Crippen LogP contribution in [0.5, 0.6) is 0 Å². The molecule has 0 aromatic heterocycles. The number of nitrogens with zero attached hydrogens (tertiary/aromatic N) is 4. The Kier molecular flexibility index (Phi) is 5.04. The molecule has 1 rings (SSSR count). The Morgan fingerprint density at radius 2 is 2.38 bits per heavy atom. The summed E-state index contributed by atoms with van der Waals surface area (Å²) < 4.78 is 9.85. The van der Waals surface area contributed by atoms with Crippen molar-refractivity contribution in [3.05, 3.63) is 10.4 Å². The molecule has 2 atom stereocenters. The van der Waals surface area contributed by atoms with Crippen molar-refractivity contribution in [1.82, 2.24) is 4.90 Å². The van der Waals surface area contributed by atoms with E-state index in [2.05, 4.69) is 14.8 Å². The highest BCUT2D eigenvalue weighted by Crippen LogP contribution is 2.20. The first kappa shape index (κ1) is 12.8. The van der Waals surface area contributed by atoms with Crippen molar-refractivity contribution in [3.63, 3.8) is 0 Å². The van der Waals surface area contributed by atoms with Gasteiger partial charge in [-0.15, -0.1) is 0 Å². The first-order valence-corrected chi connectivity index (χ1v) is 5.05. The number of ether oxygens (including phenoxy) is 2. The van der Waals surface area contributed by atoms with Gasteiger partial charge >= 0.3 is 5.97 Å². The first-order valence-electron chi connectivity index (χ1n) is 5.05. The number of hydrogen-bond donors (Lipinski definition) is 0. The molecular weight excluding hydrogens is 212 g/mol. The molecule has 0 spiro atoms. The fourth-order valence-electron chi connectivity index (χ4n) is 1.85. The summed E-state index contributed by atoms with van der Waals surface area (Å²) >= 11 is 0. The number of likely N-dealkylation sites (tertiary alicyclic amines) is 1. The van der Waals surface area contributed by atoms with Crippen LogP contribution >= 0.6 is 0 Å². The zero-order chi connectivity index (χ0) is 12.0. The van der Waals surface area contributed by atoms with Crippen LogP contribution in [0.25, 0.3) is 10.4 Å². The fourth-order valence-corrected chi connectivity index (χ4v) is 1.85. The number of carbonyl (C=O) groups excluding carboxylic acids is 1. The zero-order valence-electron chi connectivity index (χ0n) is 9.50. The molecule has 0 aliphatic carbocycles. The normalized spacial score (nSPS) is 25.1. The Labute approximate surface area is 93.9 Å². The van der Waals surface area contributed by atoms with Crippen molar-refractivity contribution >= 4 is 5.97 Å². The maximum absolute atomic E-state index is 11.2. The molecule has 7 nitrogen and oxygen atoms in total. The lowest BCUT2D eigenvalue weighted by Crippen LogP contribution is -2.36. The molecule has 0 N–H and O–H groups in total. The maximum Gasteiger partial charge on any atom is 0.319 e. The molecule has 0 aromatic carbocycles. The van der Waals surface area contributed by atoms with Gasteiger partial charge in [-0.25, -0.2) is 0 Å². The molecule has 1 fully saturated rings. The zero-order valence-corrected chi connectivity index (χ0v) is 9.50. The number of carbonyl (C=O) groups is 1. The van der Waals surface area contributed by atoms with Gasteiger partial charge in [0.15, 0.2) is 0 Å². The molecule has 1 heterocycles. The molecule has 7 heteroatoms. The fraction of sp³-hybridized carbons (Fsp3) is 0.889. The van der Waals surface area contributed by atoms with Crippen molar-refractivity contribution in [3.8, 4) is 0 Å². The Balaban J connectivity index is 2.56. The highest BCUT2D eigenvalue weighted by atomic mass is 16.5. The average Bonchev–Trinajstić information content (AvgIpc) is 2.68. The molecule has 0 aromatic rings. The van der Waals surface area contributed by atoms with E-state index < -0.39 is 0 Å². The summed E-state index contributed by atoms with van der Waals surface area (Å²) in [6, 6.07) is 0.0555. The van der Waals surface area contributed by atoms with Crippen LogP contribution < -0.4 is 0 Å². The van der Waals surface area contributed by atoms with E-state index in [1.807, 2.05) is 4.90 Å². The highest BCUT2D eigenvalue weighted by Gasteiger charge is 2.32. The number of hydrogen-bond acceptors (Lipinski definition) is 5. The van der Waals surface area contributed by atoms with Crippen LogP contribution in [0.1, 0.15) is 6.42 Å². The lowest BCUT2D eigenvalue weighted by molar-refractivity contribution is -0.142. The van der Waals surface area contributed by atoms with Gasteiger partial charge in [0.05, 0.1) is 19.8 Å². The standard InChI is InChI=1S/C9H16N4O3/c1-15-8-3-7(4-11-12-10)13(5-8)6-9(14)16-2/h7-8H,3-6H2,1-2H3. The third-order valence-corrected chi connectivity index (χ3v) is 2.74. The molecule has 1 aliphatic rings. The molecular formula is C9H16N4O3. The number of esters is 1. The number of methoxy groups -OCH3 is 2. The summed E-state index contributed by atoms with van der Waals surface area (Å²) in [4.78, 5) is 15.8. The predicted octanol–water partition coefficient (Wildman–Crippen LogP) is 0.559. The average molecular weight is 228 g/mol. The quantitative estimate of drug-likeness (QED) is 0.297. The molecule has 1 saturated heterocycles. The molecule has 1 aliphatic heterocycles. The van der Waals surface area contributed by atoms with Crippen molar-refractivity contribution in [2.45, 2.75) is 18.6 Å². The van der Waals surface area contributed by atoms with Crippen LogP contribution in [0.2, 0.25) is 0 Å². The summed E-state index contributed by atoms with van der Waals surface area (Å²) in [5.74, 6) is -0.289. The van der Waals surface area contributed by atoms with E-state index in [1.54, 1.807) is 7.11 Å². The lowest BCUT2D eigenvalue weighted by atomic mass is 10.2. The minimum absolute atomic E-state index is 0.0555. The third kappa shape index (κ3) is 3.37. The Bertz CT molecular complexity index is 290. The molecule has 0 saturated carbocycles. The topological polar surface area (TPSA) is 87.5 Å². The van der Waals surface area contributed by atoms with Gasteiger partial charge < -0.3 is 9.47 Å². The molecule has 90 valence electrons. The minimum atomic E-state index is -0.289. The van der Waals surface area contributed by atoms with Crippen molar-refractivity contribution in [1.29, 1.82) is 0 Å². The molecule has 0 radical (unpaired) electrons. The van der Waals surface area contributed by atoms with E-state index in [9.17, 15) is 4.79 Å². The summed E-state index contributed by atoms with van der Waals surface area (Å²) in [6.45, 7) is 1.23. The van der Waals surface area contributed by atoms with Gasteiger partial charge in [0.1, 0.15) is 0 Å². The van der Waals surface area contributed by atoms with Crippen LogP contribution in [0.15, 0.2) is 5.11 Å². The molecule has 0 amide bonds. The maximum atomic E-state index is 11.2. The summed E-state index contributed by atoms with van der Waals surface area (Å²) in [7, 11) is 2.99. The Hall–Kier alpha value is -1.30. The van der Waals surface area contributed by atoms with E-state index in [4.69, 9.17) is 10.3 Å². The van der Waals surface area contributed by atoms with E-state index in [-0.39, 0.29) is 24.7 Å². The van der Waals surface area contributed by atoms with E-state index in [1.165, 1.54) is 7.11 Å². The second-order valence-corrected chi connectivity index (χ2v) is 3.67. The smallest absolute Gasteiger partial charge is 0.319 e. The van der Waals surface area contributed by atoms with Crippen LogP contribution in [0, 0.1) is 0 Å². The van der Waals surface area contributed by atoms with E-state index >= 15 is 0 Å². The van der Waals surface area contributed by atoms with Gasteiger partial charge in [-0.2, -0.15) is 0 Å². The van der Waals surface area contributed by atoms with Crippen molar-refractivity contribution in [2.24, 2.45) is 5.11 Å². The molecule has 2 unspecified atom stereocenters. The predicted molar refractivity (Wildman–Crippen MR) is 56.8 cm³/mol. The van der Waals surface area contributed by atoms with Crippen molar-refractivity contribution < 1.29 is 14.3 Å². The highest BCUT2D eigenvalue weighted by molar-refractivity contribution is 5.71. The van der Waals surface area contributed by atoms with Gasteiger partial charge in [-0.05, 0) is 12.0 Å². The second-order valence-electron chi connectivity index (χ2n) is 3.67. The van der Waals surface area contributed by atoms with Crippen LogP contribution in [-0.4, -0.2) is 56.9 Å². The van der Waals surface area contributed by atoms with Gasteiger partial charge in [0, 0.05) is 31.2 Å². The molecule has 16 heavy (non-hydrogen) atoms. The van der Waals surface area contributed by atoms with Crippen LogP contribution in [0.3, 0.4) is 0 Å². The Morgan fingerprint density at radius 3 is 2.94 bits per heavy atom. The molecule has 0 bridgehead atoms. The number of azide groups is 1. The Morgan fingerprint density at radius 1 is 1.62 bits per heavy atom. The van der Waals surface area contributed by atoms with E-state index in [0.717, 1.165) is 6.42 Å². The summed E-state index contributed by atoms with van der Waals surface area (Å²) in [5.41, 5.74) is 8.28. The largest absolute Gasteiger partial charge is 0.468 e. The SMILES string of the molecule is COC(=O)CN1CC(OC)CC1CN=[N+]=[N-]. The van der Waals surface area contributed by atoms with E-state index in [0.29, 0.717) is 13.1 Å². The lowest BCUT2D eigenvalue weighted by Gasteiger charge is -2.20. The third-order valence-electron chi connectivity index (χ3n) is 2.74. The number of rotatable bonds is 5. The summed E-state index contributed by atoms with van der Waals surface area (Å²) in [6.07, 6.45) is 0.857. The van der Waals surface area contributed by atoms with Gasteiger partial charge in [0.25, 0.3) is 0 Å². The first-order chi connectivity index (χ1) is 7.71. The van der Waals surface area contributed by atoms with Gasteiger partial charge in [-0.1, -0.05) is 5.11 Å². The van der Waals surface area contributed by atoms with Gasteiger partial charge in [-0.3, -0.25) is 9.69 Å². The van der Waals surface area contributed by atoms with Crippen molar-refractivity contribution in [2.75, 3.05) is 33.9 Å². The van der Waals surface area contributed by atoms with Crippen LogP contribution in [0.4, 0.5) is 0 Å². The van der Waals surface area contributed by atoms with Gasteiger partial charge in [0.2, 0.25) is 0 Å². The minimum Gasteiger partial charge on any atom is -0.468 e. The van der Waals surface area contributed by atoms with Crippen LogP contribution in [-0.2, 0) is 14.3 Å².